The summed E-state index contributed by atoms with van der Waals surface area (Å²) in [4.78, 5) is 41.7. The number of unbranched alkanes of at least 4 members (excludes halogenated alkanes) is 7. The number of carbonyl (C=O) groups is 2. The monoisotopic (exact) mass is 912 g/mol. The van der Waals surface area contributed by atoms with Crippen LogP contribution in [0.25, 0.3) is 25.2 Å². The zero-order valence-corrected chi connectivity index (χ0v) is 41.3. The van der Waals surface area contributed by atoms with Crippen molar-refractivity contribution < 1.29 is 19.1 Å². The van der Waals surface area contributed by atoms with Crippen molar-refractivity contribution in [3.05, 3.63) is 84.9 Å². The third kappa shape index (κ3) is 12.7. The summed E-state index contributed by atoms with van der Waals surface area (Å²) in [6.07, 6.45) is 16.7. The first-order chi connectivity index (χ1) is 30.3. The van der Waals surface area contributed by atoms with Gasteiger partial charge in [-0.1, -0.05) is 72.6 Å². The van der Waals surface area contributed by atoms with E-state index in [4.69, 9.17) is 9.47 Å². The highest BCUT2D eigenvalue weighted by Crippen LogP contribution is 2.47. The zero-order chi connectivity index (χ0) is 43.8. The van der Waals surface area contributed by atoms with Gasteiger partial charge in [-0.3, -0.25) is 9.59 Å². The van der Waals surface area contributed by atoms with Crippen molar-refractivity contribution in [2.45, 2.75) is 144 Å². The average molecular weight is 913 g/mol. The summed E-state index contributed by atoms with van der Waals surface area (Å²) in [7, 11) is 0. The van der Waals surface area contributed by atoms with Crippen LogP contribution in [0.15, 0.2) is 65.4 Å². The van der Waals surface area contributed by atoms with E-state index in [1.165, 1.54) is 46.7 Å². The van der Waals surface area contributed by atoms with E-state index in [1.807, 2.05) is 28.1 Å². The fourth-order valence-electron chi connectivity index (χ4n) is 8.28. The van der Waals surface area contributed by atoms with Crippen LogP contribution in [-0.4, -0.2) is 60.6 Å². The Morgan fingerprint density at radius 1 is 0.565 bits per heavy atom. The molecule has 4 aromatic heterocycles. The van der Waals surface area contributed by atoms with Crippen molar-refractivity contribution >= 4 is 62.9 Å². The molecule has 2 aliphatic heterocycles. The number of allylic oxidation sites excluding steroid dienone is 1. The Kier molecular flexibility index (Phi) is 19.2. The van der Waals surface area contributed by atoms with Crippen LogP contribution in [-0.2, 0) is 19.1 Å². The van der Waals surface area contributed by atoms with Gasteiger partial charge in [0.1, 0.15) is 0 Å². The van der Waals surface area contributed by atoms with E-state index < -0.39 is 0 Å². The number of thiophene rings is 4. The highest BCUT2D eigenvalue weighted by Gasteiger charge is 2.47. The number of hydrogen-bond donors (Lipinski definition) is 0. The second-order valence-corrected chi connectivity index (χ2v) is 21.3. The first-order valence-electron chi connectivity index (χ1n) is 23.4. The minimum absolute atomic E-state index is 0.0371. The molecule has 2 atom stereocenters. The molecule has 6 heterocycles. The molecule has 0 aromatic carbocycles. The molecule has 0 saturated carbocycles. The van der Waals surface area contributed by atoms with Gasteiger partial charge in [0, 0.05) is 63.0 Å². The number of rotatable bonds is 27. The van der Waals surface area contributed by atoms with Crippen molar-refractivity contribution in [1.82, 2.24) is 9.80 Å². The lowest BCUT2D eigenvalue weighted by Gasteiger charge is -2.23. The van der Waals surface area contributed by atoms with Crippen LogP contribution < -0.4 is 0 Å². The van der Waals surface area contributed by atoms with Crippen molar-refractivity contribution in [3.63, 3.8) is 0 Å². The second kappa shape index (κ2) is 24.7. The molecule has 2 unspecified atom stereocenters. The lowest BCUT2D eigenvalue weighted by Crippen LogP contribution is -2.30. The smallest absolute Gasteiger partial charge is 0.261 e. The molecule has 0 aliphatic carbocycles. The highest BCUT2D eigenvalue weighted by molar-refractivity contribution is 7.23. The Bertz CT molecular complexity index is 2190. The summed E-state index contributed by atoms with van der Waals surface area (Å²) in [5.74, 6) is 7.35. The zero-order valence-electron chi connectivity index (χ0n) is 38.1. The highest BCUT2D eigenvalue weighted by atomic mass is 32.1. The summed E-state index contributed by atoms with van der Waals surface area (Å²) < 4.78 is 12.2. The largest absolute Gasteiger partial charge is 0.381 e. The Morgan fingerprint density at radius 2 is 1.13 bits per heavy atom. The first-order valence-corrected chi connectivity index (χ1v) is 26.7. The Balaban J connectivity index is 1.12. The minimum Gasteiger partial charge on any atom is -0.381 e. The van der Waals surface area contributed by atoms with Crippen molar-refractivity contribution in [2.24, 2.45) is 5.92 Å². The predicted molar refractivity (Wildman–Crippen MR) is 265 cm³/mol. The van der Waals surface area contributed by atoms with Gasteiger partial charge in [-0.05, 0) is 132 Å². The van der Waals surface area contributed by atoms with Gasteiger partial charge < -0.3 is 19.3 Å². The maximum atomic E-state index is 14.4. The molecule has 2 aliphatic rings. The number of nitrogens with zero attached hydrogens (tertiary/aromatic N) is 2. The van der Waals surface area contributed by atoms with Crippen LogP contribution in [0.2, 0.25) is 0 Å². The standard InChI is InChI=1S/C52H68N2O4S4/c1-7-11-20-39(9-3)36-57-34-18-15-17-32-53-38(6)48-49(52(53)56)50(54(51(48)55)33-16-13-14-19-35-58-40(10-4)21-12-8-2)47-31-30-46(62-47)45-29-26-42(61-45)24-23-41-25-28-44(60-41)43-27-22-37(5)59-43/h22,25-31,39-40H,7-21,32-36H2,1-6H3. The molecular formula is C52H68N2O4S4. The maximum Gasteiger partial charge on any atom is 0.261 e. The van der Waals surface area contributed by atoms with Gasteiger partial charge in [-0.15, -0.1) is 45.3 Å². The number of hydrogen-bond acceptors (Lipinski definition) is 8. The van der Waals surface area contributed by atoms with Gasteiger partial charge >= 0.3 is 0 Å². The third-order valence-corrected chi connectivity index (χ3v) is 16.5. The van der Waals surface area contributed by atoms with E-state index >= 15 is 0 Å². The average Bonchev–Trinajstić information content (AvgIpc) is 4.15. The fourth-order valence-corrected chi connectivity index (χ4v) is 12.1. The first kappa shape index (κ1) is 48.2. The number of ether oxygens (including phenoxy) is 2. The fraction of sp³-hybridized carbons (Fsp3) is 0.538. The molecule has 0 spiro atoms. The second-order valence-electron chi connectivity index (χ2n) is 16.8. The van der Waals surface area contributed by atoms with E-state index in [0.29, 0.717) is 36.3 Å². The summed E-state index contributed by atoms with van der Waals surface area (Å²) >= 11 is 6.89. The lowest BCUT2D eigenvalue weighted by molar-refractivity contribution is -0.124. The Morgan fingerprint density at radius 3 is 1.79 bits per heavy atom. The van der Waals surface area contributed by atoms with Crippen molar-refractivity contribution in [1.29, 1.82) is 0 Å². The number of amides is 2. The molecule has 62 heavy (non-hydrogen) atoms. The van der Waals surface area contributed by atoms with E-state index in [9.17, 15) is 9.59 Å². The van der Waals surface area contributed by atoms with Crippen molar-refractivity contribution in [2.75, 3.05) is 32.9 Å². The minimum atomic E-state index is -0.0402. The molecule has 0 radical (unpaired) electrons. The molecular weight excluding hydrogens is 845 g/mol. The number of carbonyl (C=O) groups excluding carboxylic acids is 2. The molecule has 10 heteroatoms. The molecule has 2 amide bonds. The number of aryl methyl sites for hydroxylation is 1. The van der Waals surface area contributed by atoms with E-state index in [-0.39, 0.29) is 11.8 Å². The molecule has 334 valence electrons. The van der Waals surface area contributed by atoms with Gasteiger partial charge in [-0.25, -0.2) is 0 Å². The van der Waals surface area contributed by atoms with Gasteiger partial charge in [0.25, 0.3) is 11.8 Å². The van der Waals surface area contributed by atoms with Crippen LogP contribution in [0, 0.1) is 24.7 Å². The Hall–Kier alpha value is -3.30. The van der Waals surface area contributed by atoms with Crippen LogP contribution >= 0.6 is 45.3 Å². The maximum absolute atomic E-state index is 14.4. The SMILES string of the molecule is CCCCC(CC)COCCCCCN1C(=O)C2=C(c3ccc(-c4ccc(C#Cc5ccc(-c6ccc(C)s6)s5)s4)s3)N(CCCCCCOC(CC)CCCC)C(=O)C2=C1C. The molecule has 0 fully saturated rings. The summed E-state index contributed by atoms with van der Waals surface area (Å²) in [5, 5.41) is 0. The molecule has 6 nitrogen and oxygen atoms in total. The predicted octanol–water partition coefficient (Wildman–Crippen LogP) is 14.6. The van der Waals surface area contributed by atoms with Crippen LogP contribution in [0.4, 0.5) is 0 Å². The van der Waals surface area contributed by atoms with Gasteiger partial charge in [-0.2, -0.15) is 0 Å². The van der Waals surface area contributed by atoms with Crippen LogP contribution in [0.1, 0.15) is 150 Å². The van der Waals surface area contributed by atoms with E-state index in [1.54, 1.807) is 34.0 Å². The van der Waals surface area contributed by atoms with Gasteiger partial charge in [0.2, 0.25) is 0 Å². The van der Waals surface area contributed by atoms with Crippen LogP contribution in [0.3, 0.4) is 0 Å². The Labute approximate surface area is 388 Å². The summed E-state index contributed by atoms with van der Waals surface area (Å²) in [5.41, 5.74) is 2.75. The van der Waals surface area contributed by atoms with E-state index in [2.05, 4.69) is 95.0 Å². The lowest BCUT2D eigenvalue weighted by atomic mass is 10.0. The molecule has 4 aromatic rings. The molecule has 0 N–H and O–H groups in total. The van der Waals surface area contributed by atoms with Crippen molar-refractivity contribution in [3.8, 4) is 31.3 Å². The molecule has 6 rings (SSSR count). The summed E-state index contributed by atoms with van der Waals surface area (Å²) in [6.45, 7) is 16.6. The van der Waals surface area contributed by atoms with E-state index in [0.717, 1.165) is 120 Å². The summed E-state index contributed by atoms with van der Waals surface area (Å²) in [6, 6.07) is 17.1. The normalized spacial score (nSPS) is 15.0. The van der Waals surface area contributed by atoms with Gasteiger partial charge in [0.05, 0.1) is 37.6 Å². The third-order valence-electron chi connectivity index (χ3n) is 12.1. The molecule has 0 bridgehead atoms. The molecule has 0 saturated heterocycles. The van der Waals surface area contributed by atoms with Crippen LogP contribution in [0.5, 0.6) is 0 Å². The number of fused-ring (bicyclic) bond motifs is 1. The topological polar surface area (TPSA) is 59.1 Å². The quantitative estimate of drug-likeness (QED) is 0.0442. The van der Waals surface area contributed by atoms with Gasteiger partial charge in [0.15, 0.2) is 0 Å².